The van der Waals surface area contributed by atoms with Gasteiger partial charge in [0.15, 0.2) is 5.76 Å². The second-order valence-corrected chi connectivity index (χ2v) is 16.6. The summed E-state index contributed by atoms with van der Waals surface area (Å²) in [7, 11) is 4.23. The third-order valence-electron chi connectivity index (χ3n) is 7.81. The van der Waals surface area contributed by atoms with Gasteiger partial charge in [0.05, 0.1) is 54.1 Å². The van der Waals surface area contributed by atoms with Gasteiger partial charge in [-0.2, -0.15) is 5.10 Å². The zero-order valence-electron chi connectivity index (χ0n) is 26.5. The quantitative estimate of drug-likeness (QED) is 0.155. The molecule has 6 rings (SSSR count). The Morgan fingerprint density at radius 3 is 2.40 bits per heavy atom. The molecule has 5 heterocycles. The Hall–Kier alpha value is -4.68. The minimum absolute atomic E-state index is 0.258. The monoisotopic (exact) mass is 628 g/mol. The number of pyridine rings is 2. The van der Waals surface area contributed by atoms with E-state index < -0.39 is 16.0 Å². The molecule has 0 bridgehead atoms. The van der Waals surface area contributed by atoms with Gasteiger partial charge in [-0.1, -0.05) is 17.3 Å². The molecule has 0 saturated heterocycles. The first kappa shape index (κ1) is 30.4. The van der Waals surface area contributed by atoms with Gasteiger partial charge < -0.3 is 23.1 Å². The Morgan fingerprint density at radius 1 is 1.02 bits per heavy atom. The Labute approximate surface area is 261 Å². The van der Waals surface area contributed by atoms with Crippen LogP contribution in [0, 0.1) is 6.92 Å². The number of methoxy groups -OCH3 is 1. The van der Waals surface area contributed by atoms with Gasteiger partial charge in [-0.15, -0.1) is 0 Å². The predicted octanol–water partition coefficient (Wildman–Crippen LogP) is 5.37. The average molecular weight is 629 g/mol. The second-order valence-electron chi connectivity index (χ2n) is 12.0. The van der Waals surface area contributed by atoms with Gasteiger partial charge in [0, 0.05) is 54.0 Å². The number of hydrogen-bond donors (Lipinski definition) is 0. The topological polar surface area (TPSA) is 119 Å². The lowest BCUT2D eigenvalue weighted by molar-refractivity contribution is 0.0600. The molecule has 0 unspecified atom stereocenters. The highest BCUT2D eigenvalue weighted by atomic mass is 32.3. The average Bonchev–Trinajstić information content (AvgIpc) is 3.74. The largest absolute Gasteiger partial charge is 0.465 e. The zero-order chi connectivity index (χ0) is 32.0. The molecule has 0 spiro atoms. The van der Waals surface area contributed by atoms with E-state index in [2.05, 4.69) is 39.7 Å². The van der Waals surface area contributed by atoms with Crippen LogP contribution in [0.4, 0.5) is 0 Å². The molecule has 0 radical (unpaired) electrons. The minimum atomic E-state index is -0.719. The first-order chi connectivity index (χ1) is 21.5. The first-order valence-corrected chi connectivity index (χ1v) is 17.4. The number of benzene rings is 1. The molecule has 11 nitrogen and oxygen atoms in total. The van der Waals surface area contributed by atoms with Crippen molar-refractivity contribution in [3.05, 3.63) is 76.6 Å². The number of fused-ring (bicyclic) bond motifs is 3. The van der Waals surface area contributed by atoms with Crippen LogP contribution in [0.3, 0.4) is 0 Å². The van der Waals surface area contributed by atoms with Crippen LogP contribution in [0.2, 0.25) is 0 Å². The number of rotatable bonds is 9. The van der Waals surface area contributed by atoms with E-state index in [9.17, 15) is 9.59 Å². The fourth-order valence-electron chi connectivity index (χ4n) is 5.49. The molecular formula is C33H36N6O5S. The Bertz CT molecular complexity index is 2110. The van der Waals surface area contributed by atoms with E-state index >= 15 is 0 Å². The molecule has 0 saturated carbocycles. The van der Waals surface area contributed by atoms with Gasteiger partial charge in [-0.25, -0.2) is 19.8 Å². The van der Waals surface area contributed by atoms with Crippen LogP contribution in [0.1, 0.15) is 16.1 Å². The molecule has 0 amide bonds. The fourth-order valence-corrected chi connectivity index (χ4v) is 6.11. The van der Waals surface area contributed by atoms with Crippen LogP contribution >= 0.6 is 10.0 Å². The predicted molar refractivity (Wildman–Crippen MR) is 178 cm³/mol. The van der Waals surface area contributed by atoms with Crippen molar-refractivity contribution >= 4 is 37.9 Å². The molecule has 0 fully saturated rings. The molecule has 6 aromatic rings. The fraction of sp³-hybridized carbons (Fsp3) is 0.303. The molecule has 5 aromatic heterocycles. The SMILES string of the molecule is COC(=O)c1ccc(-c2c(-c3cc(C)no3)c(=O)n(C)c3cnc4c(cc(-c5cnn(C)c5)n4COCCS(C)(C)C)c23)cc1. The van der Waals surface area contributed by atoms with E-state index in [4.69, 9.17) is 19.0 Å². The maximum absolute atomic E-state index is 14.0. The number of ether oxygens (including phenoxy) is 2. The third-order valence-corrected chi connectivity index (χ3v) is 9.20. The van der Waals surface area contributed by atoms with Gasteiger partial charge >= 0.3 is 5.97 Å². The summed E-state index contributed by atoms with van der Waals surface area (Å²) in [5.41, 5.74) is 5.68. The first-order valence-electron chi connectivity index (χ1n) is 14.4. The summed E-state index contributed by atoms with van der Waals surface area (Å²) in [6.45, 7) is 2.73. The van der Waals surface area contributed by atoms with E-state index in [1.807, 2.05) is 38.5 Å². The lowest BCUT2D eigenvalue weighted by Crippen LogP contribution is -2.20. The molecule has 45 heavy (non-hydrogen) atoms. The number of carbonyl (C=O) groups excluding carboxylic acids is 1. The number of hydrogen-bond acceptors (Lipinski definition) is 8. The Balaban J connectivity index is 1.67. The van der Waals surface area contributed by atoms with Crippen LogP contribution in [0.15, 0.2) is 64.3 Å². The molecule has 0 aliphatic carbocycles. The molecule has 0 aliphatic heterocycles. The lowest BCUT2D eigenvalue weighted by atomic mass is 9.93. The van der Waals surface area contributed by atoms with Gasteiger partial charge in [-0.05, 0) is 49.5 Å². The summed E-state index contributed by atoms with van der Waals surface area (Å²) in [5.74, 6) is 0.893. The molecule has 1 aromatic carbocycles. The highest BCUT2D eigenvalue weighted by molar-refractivity contribution is 8.32. The number of aryl methyl sites for hydroxylation is 3. The summed E-state index contributed by atoms with van der Waals surface area (Å²) in [6, 6.07) is 10.8. The number of carbonyl (C=O) groups is 1. The normalized spacial score (nSPS) is 12.3. The minimum Gasteiger partial charge on any atom is -0.465 e. The number of esters is 1. The van der Waals surface area contributed by atoms with Crippen LogP contribution in [0.25, 0.3) is 55.6 Å². The van der Waals surface area contributed by atoms with Crippen molar-refractivity contribution in [1.29, 1.82) is 0 Å². The van der Waals surface area contributed by atoms with Crippen molar-refractivity contribution in [2.75, 3.05) is 38.2 Å². The standard InChI is InChI=1S/C33H36N6O5S/c1-20-14-27(44-36-20)30-28(21-8-10-22(11-9-21)33(41)42-4)29-24-15-25(23-16-35-37(2)18-23)39(19-43-12-13-45(5,6)7)31(24)34-17-26(29)38(3)32(30)40/h8-11,14-18H,12-13,19H2,1-7H3. The Kier molecular flexibility index (Phi) is 7.88. The van der Waals surface area contributed by atoms with Crippen molar-refractivity contribution in [3.8, 4) is 33.7 Å². The molecule has 0 N–H and O–H groups in total. The van der Waals surface area contributed by atoms with Crippen LogP contribution in [-0.2, 0) is 30.3 Å². The van der Waals surface area contributed by atoms with E-state index in [1.54, 1.807) is 40.7 Å². The zero-order valence-corrected chi connectivity index (χ0v) is 27.3. The van der Waals surface area contributed by atoms with Gasteiger partial charge in [0.1, 0.15) is 12.4 Å². The third kappa shape index (κ3) is 5.67. The van der Waals surface area contributed by atoms with Crippen molar-refractivity contribution < 1.29 is 18.8 Å². The van der Waals surface area contributed by atoms with Crippen LogP contribution < -0.4 is 5.56 Å². The van der Waals surface area contributed by atoms with Gasteiger partial charge in [-0.3, -0.25) is 9.48 Å². The van der Waals surface area contributed by atoms with Crippen molar-refractivity contribution in [1.82, 2.24) is 29.1 Å². The van der Waals surface area contributed by atoms with Crippen LogP contribution in [0.5, 0.6) is 0 Å². The summed E-state index contributed by atoms with van der Waals surface area (Å²) in [5, 5.41) is 10.1. The molecule has 0 aliphatic rings. The highest BCUT2D eigenvalue weighted by Gasteiger charge is 2.26. The van der Waals surface area contributed by atoms with E-state index in [-0.39, 0.29) is 5.56 Å². The highest BCUT2D eigenvalue weighted by Crippen LogP contribution is 2.41. The van der Waals surface area contributed by atoms with Crippen molar-refractivity contribution in [2.45, 2.75) is 13.7 Å². The summed E-state index contributed by atoms with van der Waals surface area (Å²) >= 11 is 0. The molecular weight excluding hydrogens is 592 g/mol. The van der Waals surface area contributed by atoms with E-state index in [1.165, 1.54) is 7.11 Å². The molecule has 234 valence electrons. The summed E-state index contributed by atoms with van der Waals surface area (Å²) in [6.07, 6.45) is 12.3. The van der Waals surface area contributed by atoms with E-state index in [0.717, 1.165) is 33.3 Å². The molecule has 12 heteroatoms. The van der Waals surface area contributed by atoms with Crippen molar-refractivity contribution in [2.24, 2.45) is 14.1 Å². The van der Waals surface area contributed by atoms with Gasteiger partial charge in [0.2, 0.25) is 0 Å². The second kappa shape index (κ2) is 11.7. The Morgan fingerprint density at radius 2 is 1.78 bits per heavy atom. The number of aromatic nitrogens is 6. The summed E-state index contributed by atoms with van der Waals surface area (Å²) < 4.78 is 22.2. The maximum atomic E-state index is 14.0. The smallest absolute Gasteiger partial charge is 0.337 e. The van der Waals surface area contributed by atoms with Crippen LogP contribution in [-0.4, -0.2) is 73.3 Å². The van der Waals surface area contributed by atoms with Crippen molar-refractivity contribution in [3.63, 3.8) is 0 Å². The molecule has 0 atom stereocenters. The maximum Gasteiger partial charge on any atom is 0.337 e. The number of nitrogens with zero attached hydrogens (tertiary/aromatic N) is 6. The van der Waals surface area contributed by atoms with Gasteiger partial charge in [0.25, 0.3) is 5.56 Å². The van der Waals surface area contributed by atoms with E-state index in [0.29, 0.717) is 52.6 Å². The summed E-state index contributed by atoms with van der Waals surface area (Å²) in [4.78, 5) is 31.2. The lowest BCUT2D eigenvalue weighted by Gasteiger charge is -2.24.